The van der Waals surface area contributed by atoms with Crippen molar-refractivity contribution in [3.8, 4) is 0 Å². The molecule has 14 heavy (non-hydrogen) atoms. The molecule has 76 valence electrons. The van der Waals surface area contributed by atoms with Crippen LogP contribution in [-0.4, -0.2) is 5.75 Å². The molecule has 2 N–H and O–H groups in total. The summed E-state index contributed by atoms with van der Waals surface area (Å²) in [6, 6.07) is 5.68. The molecule has 0 amide bonds. The van der Waals surface area contributed by atoms with Gasteiger partial charge in [-0.25, -0.2) is 0 Å². The molecule has 0 heterocycles. The Bertz CT molecular complexity index is 323. The van der Waals surface area contributed by atoms with Gasteiger partial charge in [0.15, 0.2) is 0 Å². The second-order valence-corrected chi connectivity index (χ2v) is 5.29. The van der Waals surface area contributed by atoms with Gasteiger partial charge in [0.2, 0.25) is 0 Å². The van der Waals surface area contributed by atoms with Crippen LogP contribution in [0.1, 0.15) is 19.3 Å². The summed E-state index contributed by atoms with van der Waals surface area (Å²) in [5.74, 6) is 2.09. The number of rotatable bonds is 3. The van der Waals surface area contributed by atoms with Crippen molar-refractivity contribution in [3.05, 3.63) is 23.2 Å². The van der Waals surface area contributed by atoms with Gasteiger partial charge in [0.05, 0.1) is 0 Å². The zero-order valence-corrected chi connectivity index (χ0v) is 9.57. The Balaban J connectivity index is 1.96. The molecule has 0 bridgehead atoms. The first-order valence-corrected chi connectivity index (χ1v) is 6.30. The lowest BCUT2D eigenvalue weighted by molar-refractivity contribution is 0.353. The molecule has 1 aromatic rings. The summed E-state index contributed by atoms with van der Waals surface area (Å²) in [4.78, 5) is 1.13. The van der Waals surface area contributed by atoms with Crippen molar-refractivity contribution in [1.82, 2.24) is 0 Å². The first-order valence-electron chi connectivity index (χ1n) is 4.93. The van der Waals surface area contributed by atoms with Crippen molar-refractivity contribution in [2.45, 2.75) is 24.2 Å². The quantitative estimate of drug-likeness (QED) is 0.628. The molecule has 0 spiro atoms. The molecule has 0 aliphatic heterocycles. The Morgan fingerprint density at radius 2 is 2.21 bits per heavy atom. The van der Waals surface area contributed by atoms with Crippen LogP contribution in [0.2, 0.25) is 5.02 Å². The van der Waals surface area contributed by atoms with Crippen molar-refractivity contribution in [3.63, 3.8) is 0 Å². The van der Waals surface area contributed by atoms with Crippen LogP contribution in [0.3, 0.4) is 0 Å². The molecule has 0 unspecified atom stereocenters. The van der Waals surface area contributed by atoms with Crippen molar-refractivity contribution < 1.29 is 0 Å². The van der Waals surface area contributed by atoms with E-state index in [4.69, 9.17) is 17.3 Å². The molecule has 0 aromatic heterocycles. The molecule has 0 saturated heterocycles. The number of anilines is 1. The number of hydrogen-bond acceptors (Lipinski definition) is 2. The number of nitrogens with two attached hydrogens (primary N) is 1. The van der Waals surface area contributed by atoms with Crippen molar-refractivity contribution in [2.75, 3.05) is 11.5 Å². The Kier molecular flexibility index (Phi) is 3.24. The molecule has 1 nitrogen and oxygen atoms in total. The Hall–Kier alpha value is -0.340. The lowest BCUT2D eigenvalue weighted by Crippen LogP contribution is -2.13. The van der Waals surface area contributed by atoms with E-state index in [1.807, 2.05) is 30.0 Å². The molecule has 1 saturated carbocycles. The highest BCUT2D eigenvalue weighted by molar-refractivity contribution is 7.99. The summed E-state index contributed by atoms with van der Waals surface area (Å²) in [5.41, 5.74) is 6.70. The third-order valence-corrected chi connectivity index (χ3v) is 4.21. The fraction of sp³-hybridized carbons (Fsp3) is 0.455. The normalized spacial score (nSPS) is 16.6. The minimum atomic E-state index is 0.773. The summed E-state index contributed by atoms with van der Waals surface area (Å²) >= 11 is 7.75. The first-order chi connectivity index (χ1) is 6.75. The van der Waals surface area contributed by atoms with Gasteiger partial charge in [0.25, 0.3) is 0 Å². The zero-order valence-electron chi connectivity index (χ0n) is 8.00. The van der Waals surface area contributed by atoms with Crippen LogP contribution in [-0.2, 0) is 0 Å². The number of halogens is 1. The molecule has 1 fully saturated rings. The summed E-state index contributed by atoms with van der Waals surface area (Å²) in [5, 5.41) is 0.773. The van der Waals surface area contributed by atoms with Gasteiger partial charge >= 0.3 is 0 Å². The van der Waals surface area contributed by atoms with E-state index in [-0.39, 0.29) is 0 Å². The van der Waals surface area contributed by atoms with Gasteiger partial charge in [-0.15, -0.1) is 11.8 Å². The number of thioether (sulfide) groups is 1. The topological polar surface area (TPSA) is 26.0 Å². The second kappa shape index (κ2) is 4.45. The summed E-state index contributed by atoms with van der Waals surface area (Å²) in [6.45, 7) is 0. The molecular formula is C11H14ClNS. The lowest BCUT2D eigenvalue weighted by Gasteiger charge is -2.24. The van der Waals surface area contributed by atoms with Gasteiger partial charge in [-0.05, 0) is 37.0 Å². The average Bonchev–Trinajstić information content (AvgIpc) is 2.08. The van der Waals surface area contributed by atoms with E-state index in [0.29, 0.717) is 0 Å². The zero-order chi connectivity index (χ0) is 9.97. The van der Waals surface area contributed by atoms with Gasteiger partial charge in [-0.2, -0.15) is 0 Å². The SMILES string of the molecule is Nc1ccc(Cl)cc1SCC1CCC1. The Morgan fingerprint density at radius 1 is 1.43 bits per heavy atom. The van der Waals surface area contributed by atoms with Crippen LogP contribution in [0.25, 0.3) is 0 Å². The Morgan fingerprint density at radius 3 is 2.86 bits per heavy atom. The van der Waals surface area contributed by atoms with Crippen molar-refractivity contribution in [2.24, 2.45) is 5.92 Å². The molecule has 0 atom stereocenters. The van der Waals surface area contributed by atoms with Gasteiger partial charge in [0.1, 0.15) is 0 Å². The molecular weight excluding hydrogens is 214 g/mol. The van der Waals surface area contributed by atoms with Crippen LogP contribution in [0.15, 0.2) is 23.1 Å². The maximum atomic E-state index is 5.91. The lowest BCUT2D eigenvalue weighted by atomic mass is 9.87. The summed E-state index contributed by atoms with van der Waals surface area (Å²) in [6.07, 6.45) is 4.16. The van der Waals surface area contributed by atoms with Crippen molar-refractivity contribution in [1.29, 1.82) is 0 Å². The Labute approximate surface area is 94.0 Å². The van der Waals surface area contributed by atoms with E-state index in [1.165, 1.54) is 25.0 Å². The third-order valence-electron chi connectivity index (χ3n) is 2.67. The molecule has 1 aliphatic carbocycles. The smallest absolute Gasteiger partial charge is 0.0453 e. The first kappa shape index (κ1) is 10.2. The molecule has 2 rings (SSSR count). The van der Waals surface area contributed by atoms with Crippen LogP contribution >= 0.6 is 23.4 Å². The minimum absolute atomic E-state index is 0.773. The van der Waals surface area contributed by atoms with E-state index < -0.39 is 0 Å². The van der Waals surface area contributed by atoms with E-state index in [9.17, 15) is 0 Å². The van der Waals surface area contributed by atoms with E-state index in [2.05, 4.69) is 0 Å². The molecule has 1 aromatic carbocycles. The van der Waals surface area contributed by atoms with Crippen LogP contribution in [0.5, 0.6) is 0 Å². The van der Waals surface area contributed by atoms with E-state index in [0.717, 1.165) is 21.5 Å². The van der Waals surface area contributed by atoms with Crippen LogP contribution in [0, 0.1) is 5.92 Å². The molecule has 1 aliphatic rings. The van der Waals surface area contributed by atoms with Gasteiger partial charge in [0, 0.05) is 21.4 Å². The maximum Gasteiger partial charge on any atom is 0.0453 e. The van der Waals surface area contributed by atoms with Gasteiger partial charge < -0.3 is 5.73 Å². The summed E-state index contributed by atoms with van der Waals surface area (Å²) in [7, 11) is 0. The highest BCUT2D eigenvalue weighted by atomic mass is 35.5. The second-order valence-electron chi connectivity index (χ2n) is 3.79. The standard InChI is InChI=1S/C11H14ClNS/c12-9-4-5-10(13)11(6-9)14-7-8-2-1-3-8/h4-6,8H,1-3,7,13H2. The highest BCUT2D eigenvalue weighted by Gasteiger charge is 2.17. The van der Waals surface area contributed by atoms with Crippen molar-refractivity contribution >= 4 is 29.1 Å². The van der Waals surface area contributed by atoms with Crippen LogP contribution < -0.4 is 5.73 Å². The van der Waals surface area contributed by atoms with Gasteiger partial charge in [-0.3, -0.25) is 0 Å². The predicted molar refractivity (Wildman–Crippen MR) is 63.9 cm³/mol. The fourth-order valence-electron chi connectivity index (χ4n) is 1.50. The average molecular weight is 228 g/mol. The third kappa shape index (κ3) is 2.37. The monoisotopic (exact) mass is 227 g/mol. The van der Waals surface area contributed by atoms with Gasteiger partial charge in [-0.1, -0.05) is 18.0 Å². The van der Waals surface area contributed by atoms with E-state index in [1.54, 1.807) is 0 Å². The van der Waals surface area contributed by atoms with Crippen LogP contribution in [0.4, 0.5) is 5.69 Å². The predicted octanol–water partition coefficient (Wildman–Crippen LogP) is 3.81. The van der Waals surface area contributed by atoms with E-state index >= 15 is 0 Å². The fourth-order valence-corrected chi connectivity index (χ4v) is 2.93. The highest BCUT2D eigenvalue weighted by Crippen LogP contribution is 2.35. The summed E-state index contributed by atoms with van der Waals surface area (Å²) < 4.78 is 0. The maximum absolute atomic E-state index is 5.91. The number of nitrogen functional groups attached to an aromatic ring is 1. The number of hydrogen-bond donors (Lipinski definition) is 1. The minimum Gasteiger partial charge on any atom is -0.398 e. The molecule has 3 heteroatoms. The molecule has 0 radical (unpaired) electrons. The number of benzene rings is 1. The largest absolute Gasteiger partial charge is 0.398 e.